The number of fused-ring (bicyclic) bond motifs is 6. The summed E-state index contributed by atoms with van der Waals surface area (Å²) in [6, 6.07) is 46.5. The second-order valence-corrected chi connectivity index (χ2v) is 19.7. The molecular weight excluding hydrogens is 653 g/mol. The highest BCUT2D eigenvalue weighted by atomic mass is 15.0. The molecule has 0 aliphatic rings. The topological polar surface area (TPSA) is 9.86 Å². The molecule has 2 heteroatoms. The minimum absolute atomic E-state index is 0.0648. The van der Waals surface area contributed by atoms with Gasteiger partial charge in [-0.05, 0) is 128 Å². The lowest BCUT2D eigenvalue weighted by Crippen LogP contribution is -2.10. The molecule has 2 nitrogen and oxygen atoms in total. The molecule has 0 radical (unpaired) electrons. The van der Waals surface area contributed by atoms with Gasteiger partial charge >= 0.3 is 0 Å². The molecule has 8 rings (SSSR count). The van der Waals surface area contributed by atoms with E-state index in [-0.39, 0.29) is 21.7 Å². The van der Waals surface area contributed by atoms with Gasteiger partial charge in [-0.15, -0.1) is 0 Å². The van der Waals surface area contributed by atoms with E-state index in [2.05, 4.69) is 214 Å². The number of benzene rings is 6. The van der Waals surface area contributed by atoms with Gasteiger partial charge in [-0.25, -0.2) is 0 Å². The number of aromatic nitrogens is 2. The van der Waals surface area contributed by atoms with Gasteiger partial charge in [0.25, 0.3) is 0 Å². The standard InChI is InChI=1S/C52H56N2/c1-49(2,3)35-19-23-45-41(29-35)42-30-36(50(4,5)6)20-24-46(42)53(45)39-17-13-15-33(27-39)34-16-14-18-40(28-34)54-47-25-21-37(51(7,8)9)31-43(47)44-32-38(52(10,11)12)22-26-48(44)54/h13-32H,1-12H3. The van der Waals surface area contributed by atoms with Crippen LogP contribution in [0.2, 0.25) is 0 Å². The van der Waals surface area contributed by atoms with Crippen LogP contribution in [0, 0.1) is 0 Å². The van der Waals surface area contributed by atoms with E-state index < -0.39 is 0 Å². The molecule has 6 aromatic carbocycles. The minimum Gasteiger partial charge on any atom is -0.309 e. The Bertz CT molecular complexity index is 2400. The van der Waals surface area contributed by atoms with Gasteiger partial charge in [0.15, 0.2) is 0 Å². The zero-order valence-electron chi connectivity index (χ0n) is 34.4. The van der Waals surface area contributed by atoms with Crippen LogP contribution in [0.3, 0.4) is 0 Å². The molecule has 0 saturated heterocycles. The SMILES string of the molecule is CC(C)(C)c1ccc2c(c1)c1cc(C(C)(C)C)ccc1n2-c1cccc(-c2cccc(-n3c4ccc(C(C)(C)C)cc4c4cc(C(C)(C)C)ccc43)c2)c1. The van der Waals surface area contributed by atoms with Gasteiger partial charge in [0.05, 0.1) is 22.1 Å². The van der Waals surface area contributed by atoms with Gasteiger partial charge in [-0.1, -0.05) is 132 Å². The molecule has 2 heterocycles. The molecule has 0 spiro atoms. The highest BCUT2D eigenvalue weighted by Crippen LogP contribution is 2.40. The Balaban J connectivity index is 1.30. The Morgan fingerprint density at radius 2 is 0.556 bits per heavy atom. The van der Waals surface area contributed by atoms with Crippen molar-refractivity contribution in [2.24, 2.45) is 0 Å². The van der Waals surface area contributed by atoms with Crippen molar-refractivity contribution in [2.45, 2.75) is 105 Å². The van der Waals surface area contributed by atoms with Crippen molar-refractivity contribution in [1.82, 2.24) is 9.13 Å². The molecule has 0 bridgehead atoms. The lowest BCUT2D eigenvalue weighted by Gasteiger charge is -2.19. The van der Waals surface area contributed by atoms with E-state index in [9.17, 15) is 0 Å². The minimum atomic E-state index is 0.0648. The summed E-state index contributed by atoms with van der Waals surface area (Å²) in [4.78, 5) is 0. The molecule has 0 amide bonds. The van der Waals surface area contributed by atoms with Crippen LogP contribution in [-0.2, 0) is 21.7 Å². The predicted molar refractivity (Wildman–Crippen MR) is 235 cm³/mol. The Hall–Kier alpha value is -5.08. The van der Waals surface area contributed by atoms with Crippen molar-refractivity contribution in [3.05, 3.63) is 144 Å². The van der Waals surface area contributed by atoms with E-state index in [0.29, 0.717) is 0 Å². The molecule has 0 aliphatic carbocycles. The highest BCUT2D eigenvalue weighted by molar-refractivity contribution is 6.11. The van der Waals surface area contributed by atoms with Crippen molar-refractivity contribution in [3.8, 4) is 22.5 Å². The lowest BCUT2D eigenvalue weighted by atomic mass is 9.85. The molecular formula is C52H56N2. The second-order valence-electron chi connectivity index (χ2n) is 19.7. The molecule has 8 aromatic rings. The highest BCUT2D eigenvalue weighted by Gasteiger charge is 2.23. The van der Waals surface area contributed by atoms with Crippen molar-refractivity contribution in [3.63, 3.8) is 0 Å². The molecule has 54 heavy (non-hydrogen) atoms. The summed E-state index contributed by atoms with van der Waals surface area (Å²) in [5, 5.41) is 5.25. The number of hydrogen-bond acceptors (Lipinski definition) is 0. The van der Waals surface area contributed by atoms with E-state index in [0.717, 1.165) is 0 Å². The Labute approximate surface area is 322 Å². The van der Waals surface area contributed by atoms with Gasteiger partial charge in [-0.2, -0.15) is 0 Å². The summed E-state index contributed by atoms with van der Waals surface area (Å²) < 4.78 is 4.92. The fourth-order valence-corrected chi connectivity index (χ4v) is 8.12. The Morgan fingerprint density at radius 1 is 0.296 bits per heavy atom. The summed E-state index contributed by atoms with van der Waals surface area (Å²) in [5.41, 5.74) is 15.4. The summed E-state index contributed by atoms with van der Waals surface area (Å²) in [6.45, 7) is 27.6. The van der Waals surface area contributed by atoms with E-state index >= 15 is 0 Å². The number of rotatable bonds is 3. The van der Waals surface area contributed by atoms with Crippen LogP contribution in [-0.4, -0.2) is 9.13 Å². The summed E-state index contributed by atoms with van der Waals surface area (Å²) in [7, 11) is 0. The maximum absolute atomic E-state index is 2.46. The lowest BCUT2D eigenvalue weighted by molar-refractivity contribution is 0.590. The number of nitrogens with zero attached hydrogens (tertiary/aromatic N) is 2. The van der Waals surface area contributed by atoms with Crippen molar-refractivity contribution in [2.75, 3.05) is 0 Å². The first-order chi connectivity index (χ1) is 25.3. The smallest absolute Gasteiger partial charge is 0.0541 e. The number of hydrogen-bond donors (Lipinski definition) is 0. The average Bonchev–Trinajstić information content (AvgIpc) is 3.61. The zero-order chi connectivity index (χ0) is 38.5. The van der Waals surface area contributed by atoms with Crippen LogP contribution in [0.15, 0.2) is 121 Å². The van der Waals surface area contributed by atoms with Gasteiger partial charge < -0.3 is 9.13 Å². The quantitative estimate of drug-likeness (QED) is 0.173. The molecule has 0 fully saturated rings. The van der Waals surface area contributed by atoms with Crippen molar-refractivity contribution < 1.29 is 0 Å². The van der Waals surface area contributed by atoms with E-state index in [1.807, 2.05) is 0 Å². The fourth-order valence-electron chi connectivity index (χ4n) is 8.12. The van der Waals surface area contributed by atoms with Gasteiger partial charge in [0.1, 0.15) is 0 Å². The molecule has 2 aromatic heterocycles. The van der Waals surface area contributed by atoms with Gasteiger partial charge in [0, 0.05) is 32.9 Å². The predicted octanol–water partition coefficient (Wildman–Crippen LogP) is 14.7. The molecule has 0 atom stereocenters. The normalized spacial score (nSPS) is 13.2. The molecule has 0 N–H and O–H groups in total. The third kappa shape index (κ3) is 6.14. The molecule has 0 saturated carbocycles. The van der Waals surface area contributed by atoms with Gasteiger partial charge in [0.2, 0.25) is 0 Å². The maximum atomic E-state index is 2.46. The van der Waals surface area contributed by atoms with Gasteiger partial charge in [-0.3, -0.25) is 0 Å². The largest absolute Gasteiger partial charge is 0.309 e. The fraction of sp³-hybridized carbons (Fsp3) is 0.308. The van der Waals surface area contributed by atoms with Crippen LogP contribution >= 0.6 is 0 Å². The molecule has 274 valence electrons. The summed E-state index contributed by atoms with van der Waals surface area (Å²) in [5.74, 6) is 0. The molecule has 0 unspecified atom stereocenters. The third-order valence-electron chi connectivity index (χ3n) is 11.5. The van der Waals surface area contributed by atoms with Crippen molar-refractivity contribution >= 4 is 43.6 Å². The average molecular weight is 709 g/mol. The second kappa shape index (κ2) is 12.2. The van der Waals surface area contributed by atoms with Crippen LogP contribution in [0.1, 0.15) is 105 Å². The van der Waals surface area contributed by atoms with Crippen molar-refractivity contribution in [1.29, 1.82) is 0 Å². The first kappa shape index (κ1) is 35.9. The summed E-state index contributed by atoms with van der Waals surface area (Å²) >= 11 is 0. The Morgan fingerprint density at radius 3 is 0.796 bits per heavy atom. The van der Waals surface area contributed by atoms with Crippen LogP contribution in [0.25, 0.3) is 66.1 Å². The molecule has 0 aliphatic heterocycles. The Kier molecular flexibility index (Phi) is 8.13. The van der Waals surface area contributed by atoms with Crippen LogP contribution < -0.4 is 0 Å². The van der Waals surface area contributed by atoms with E-state index in [4.69, 9.17) is 0 Å². The van der Waals surface area contributed by atoms with Crippen LogP contribution in [0.4, 0.5) is 0 Å². The summed E-state index contributed by atoms with van der Waals surface area (Å²) in [6.07, 6.45) is 0. The first-order valence-electron chi connectivity index (χ1n) is 19.7. The third-order valence-corrected chi connectivity index (χ3v) is 11.5. The van der Waals surface area contributed by atoms with E-state index in [1.54, 1.807) is 0 Å². The monoisotopic (exact) mass is 708 g/mol. The zero-order valence-corrected chi connectivity index (χ0v) is 34.4. The maximum Gasteiger partial charge on any atom is 0.0541 e. The van der Waals surface area contributed by atoms with Crippen LogP contribution in [0.5, 0.6) is 0 Å². The van der Waals surface area contributed by atoms with E-state index in [1.165, 1.54) is 88.4 Å². The first-order valence-corrected chi connectivity index (χ1v) is 19.7.